The number of carbonyl (C=O) groups excluding carboxylic acids is 2. The molecule has 43 heavy (non-hydrogen) atoms. The molecule has 224 valence electrons. The van der Waals surface area contributed by atoms with Crippen molar-refractivity contribution < 1.29 is 32.6 Å². The molecular formula is C30H30F2N6O5. The zero-order valence-corrected chi connectivity index (χ0v) is 23.7. The Labute approximate surface area is 246 Å². The van der Waals surface area contributed by atoms with Crippen molar-refractivity contribution in [3.8, 4) is 11.8 Å². The largest absolute Gasteiger partial charge is 0.479 e. The van der Waals surface area contributed by atoms with Gasteiger partial charge in [0.1, 0.15) is 11.5 Å². The summed E-state index contributed by atoms with van der Waals surface area (Å²) in [5.74, 6) is -3.49. The third kappa shape index (κ3) is 4.99. The van der Waals surface area contributed by atoms with Gasteiger partial charge in [-0.1, -0.05) is 6.58 Å². The molecule has 1 saturated heterocycles. The Kier molecular flexibility index (Phi) is 7.34. The molecule has 2 amide bonds. The van der Waals surface area contributed by atoms with Gasteiger partial charge in [-0.05, 0) is 54.3 Å². The predicted molar refractivity (Wildman–Crippen MR) is 155 cm³/mol. The number of fused-ring (bicyclic) bond motifs is 2. The number of pyridine rings is 2. The van der Waals surface area contributed by atoms with E-state index in [2.05, 4.69) is 32.1 Å². The van der Waals surface area contributed by atoms with E-state index in [1.165, 1.54) is 20.3 Å². The Morgan fingerprint density at radius 2 is 1.79 bits per heavy atom. The summed E-state index contributed by atoms with van der Waals surface area (Å²) in [4.78, 5) is 37.6. The third-order valence-electron chi connectivity index (χ3n) is 7.97. The molecule has 0 unspecified atom stereocenters. The highest BCUT2D eigenvalue weighted by atomic mass is 19.1. The van der Waals surface area contributed by atoms with E-state index in [0.29, 0.717) is 48.8 Å². The second-order valence-electron chi connectivity index (χ2n) is 10.5. The number of benzene rings is 1. The summed E-state index contributed by atoms with van der Waals surface area (Å²) < 4.78 is 46.0. The van der Waals surface area contributed by atoms with Crippen LogP contribution in [0, 0.1) is 11.6 Å². The van der Waals surface area contributed by atoms with Crippen molar-refractivity contribution in [2.24, 2.45) is 0 Å². The van der Waals surface area contributed by atoms with Crippen molar-refractivity contribution in [2.45, 2.75) is 24.8 Å². The standard InChI is InChI=1S/C30H30F2N6O5/c1-4-23(39)35-21-13-18(37-9-11-43-12-10-37)5-6-20(21)34-22-14-19-17(15-33-22)16-38(29(40)30(19)7-8-30)26-24(31)27(41-2)36-28(42-3)25(26)32/h4-6,13-15H,1,7-12,16H2,2-3H3,(H,33,34)(H,35,39). The first-order valence-electron chi connectivity index (χ1n) is 13.7. The molecule has 4 heterocycles. The zero-order chi connectivity index (χ0) is 30.3. The summed E-state index contributed by atoms with van der Waals surface area (Å²) >= 11 is 0. The summed E-state index contributed by atoms with van der Waals surface area (Å²) in [6.45, 7) is 6.13. The van der Waals surface area contributed by atoms with E-state index in [1.54, 1.807) is 12.3 Å². The van der Waals surface area contributed by atoms with E-state index in [4.69, 9.17) is 14.2 Å². The minimum Gasteiger partial charge on any atom is -0.479 e. The van der Waals surface area contributed by atoms with Crippen molar-refractivity contribution in [3.05, 3.63) is 65.9 Å². The van der Waals surface area contributed by atoms with E-state index >= 15 is 8.78 Å². The number of anilines is 5. The summed E-state index contributed by atoms with van der Waals surface area (Å²) in [5, 5.41) is 6.11. The van der Waals surface area contributed by atoms with Crippen LogP contribution in [0.25, 0.3) is 0 Å². The number of hydrogen-bond donors (Lipinski definition) is 2. The number of halogens is 2. The van der Waals surface area contributed by atoms with Crippen molar-refractivity contribution >= 4 is 40.4 Å². The van der Waals surface area contributed by atoms with Crippen molar-refractivity contribution in [1.82, 2.24) is 9.97 Å². The topological polar surface area (TPSA) is 118 Å². The molecule has 2 N–H and O–H groups in total. The lowest BCUT2D eigenvalue weighted by Gasteiger charge is -2.35. The van der Waals surface area contributed by atoms with E-state index in [9.17, 15) is 9.59 Å². The highest BCUT2D eigenvalue weighted by molar-refractivity contribution is 6.06. The minimum absolute atomic E-state index is 0.109. The molecule has 2 fully saturated rings. The summed E-state index contributed by atoms with van der Waals surface area (Å²) in [5.41, 5.74) is 1.92. The van der Waals surface area contributed by atoms with Crippen LogP contribution in [-0.2, 0) is 26.3 Å². The Bertz CT molecular complexity index is 1590. The number of morpholine rings is 1. The molecule has 11 nitrogen and oxygen atoms in total. The first-order valence-corrected chi connectivity index (χ1v) is 13.7. The molecule has 0 bridgehead atoms. The highest BCUT2D eigenvalue weighted by Crippen LogP contribution is 2.55. The quantitative estimate of drug-likeness (QED) is 0.374. The van der Waals surface area contributed by atoms with Crippen LogP contribution in [-0.4, -0.2) is 62.3 Å². The molecule has 1 aliphatic carbocycles. The first kappa shape index (κ1) is 28.3. The maximum absolute atomic E-state index is 15.3. The Hall–Kier alpha value is -4.78. The molecule has 2 aromatic heterocycles. The predicted octanol–water partition coefficient (Wildman–Crippen LogP) is 4.06. The first-order chi connectivity index (χ1) is 20.8. The monoisotopic (exact) mass is 592 g/mol. The number of amides is 2. The maximum atomic E-state index is 15.3. The van der Waals surface area contributed by atoms with E-state index in [0.717, 1.165) is 29.2 Å². The SMILES string of the molecule is C=CC(=O)Nc1cc(N2CCOCC2)ccc1Nc1cc2c(cn1)CN(c1c(F)c(OC)nc(OC)c1F)C(=O)C21CC1. The summed E-state index contributed by atoms with van der Waals surface area (Å²) in [7, 11) is 2.40. The number of nitrogens with one attached hydrogen (secondary N) is 2. The van der Waals surface area contributed by atoms with Gasteiger partial charge in [0.2, 0.25) is 23.4 Å². The average Bonchev–Trinajstić information content (AvgIpc) is 3.83. The van der Waals surface area contributed by atoms with E-state index in [1.807, 2.05) is 18.2 Å². The van der Waals surface area contributed by atoms with Crippen LogP contribution < -0.4 is 29.9 Å². The van der Waals surface area contributed by atoms with Gasteiger partial charge in [0.25, 0.3) is 11.8 Å². The molecule has 0 radical (unpaired) electrons. The lowest BCUT2D eigenvalue weighted by molar-refractivity contribution is -0.121. The van der Waals surface area contributed by atoms with Crippen molar-refractivity contribution in [1.29, 1.82) is 0 Å². The van der Waals surface area contributed by atoms with Gasteiger partial charge in [0, 0.05) is 25.0 Å². The van der Waals surface area contributed by atoms with Crippen LogP contribution in [0.4, 0.5) is 37.3 Å². The molecule has 13 heteroatoms. The van der Waals surface area contributed by atoms with E-state index < -0.39 is 40.4 Å². The van der Waals surface area contributed by atoms with Crippen LogP contribution in [0.1, 0.15) is 24.0 Å². The highest BCUT2D eigenvalue weighted by Gasteiger charge is 2.57. The Balaban J connectivity index is 1.33. The van der Waals surface area contributed by atoms with Crippen LogP contribution >= 0.6 is 0 Å². The fourth-order valence-corrected chi connectivity index (χ4v) is 5.61. The van der Waals surface area contributed by atoms with Gasteiger partial charge < -0.3 is 34.6 Å². The van der Waals surface area contributed by atoms with Crippen LogP contribution in [0.5, 0.6) is 11.8 Å². The Morgan fingerprint density at radius 1 is 1.09 bits per heavy atom. The molecule has 3 aliphatic rings. The number of ether oxygens (including phenoxy) is 3. The van der Waals surface area contributed by atoms with Gasteiger partial charge in [-0.25, -0.2) is 4.98 Å². The maximum Gasteiger partial charge on any atom is 0.255 e. The normalized spacial score (nSPS) is 16.9. The number of methoxy groups -OCH3 is 2. The molecule has 6 rings (SSSR count). The fourth-order valence-electron chi connectivity index (χ4n) is 5.61. The van der Waals surface area contributed by atoms with Crippen molar-refractivity contribution in [3.63, 3.8) is 0 Å². The van der Waals surface area contributed by atoms with Gasteiger partial charge >= 0.3 is 0 Å². The van der Waals surface area contributed by atoms with Gasteiger partial charge in [-0.15, -0.1) is 0 Å². The molecule has 3 aromatic rings. The lowest BCUT2D eigenvalue weighted by Crippen LogP contribution is -2.45. The number of rotatable bonds is 8. The van der Waals surface area contributed by atoms with Gasteiger partial charge in [0.15, 0.2) is 0 Å². The summed E-state index contributed by atoms with van der Waals surface area (Å²) in [6, 6.07) is 7.45. The summed E-state index contributed by atoms with van der Waals surface area (Å²) in [6.07, 6.45) is 3.80. The number of carbonyl (C=O) groups is 2. The molecule has 0 atom stereocenters. The molecule has 2 aliphatic heterocycles. The second kappa shape index (κ2) is 11.1. The Morgan fingerprint density at radius 3 is 2.42 bits per heavy atom. The van der Waals surface area contributed by atoms with Crippen molar-refractivity contribution in [2.75, 3.05) is 61.0 Å². The third-order valence-corrected chi connectivity index (χ3v) is 7.97. The lowest BCUT2D eigenvalue weighted by atomic mass is 9.86. The smallest absolute Gasteiger partial charge is 0.255 e. The average molecular weight is 593 g/mol. The molecule has 1 aromatic carbocycles. The molecular weight excluding hydrogens is 562 g/mol. The molecule has 1 spiro atoms. The van der Waals surface area contributed by atoms with Gasteiger partial charge in [-0.3, -0.25) is 9.59 Å². The van der Waals surface area contributed by atoms with E-state index in [-0.39, 0.29) is 12.5 Å². The zero-order valence-electron chi connectivity index (χ0n) is 23.7. The minimum atomic E-state index is -1.09. The van der Waals surface area contributed by atoms with Crippen LogP contribution in [0.2, 0.25) is 0 Å². The fraction of sp³-hybridized carbons (Fsp3) is 0.333. The number of aromatic nitrogens is 2. The van der Waals surface area contributed by atoms with Crippen LogP contribution in [0.3, 0.4) is 0 Å². The molecule has 1 saturated carbocycles. The van der Waals surface area contributed by atoms with Crippen LogP contribution in [0.15, 0.2) is 43.1 Å². The van der Waals surface area contributed by atoms with Gasteiger partial charge in [-0.2, -0.15) is 13.8 Å². The number of nitrogens with zero attached hydrogens (tertiary/aromatic N) is 4. The second-order valence-corrected chi connectivity index (χ2v) is 10.5. The van der Waals surface area contributed by atoms with Gasteiger partial charge in [0.05, 0.1) is 50.8 Å². The number of hydrogen-bond acceptors (Lipinski definition) is 9.